The van der Waals surface area contributed by atoms with E-state index in [2.05, 4.69) is 0 Å². The summed E-state index contributed by atoms with van der Waals surface area (Å²) >= 11 is 0. The molecule has 1 aromatic rings. The maximum absolute atomic E-state index is 10.7. The van der Waals surface area contributed by atoms with E-state index in [0.29, 0.717) is 12.9 Å². The van der Waals surface area contributed by atoms with Gasteiger partial charge in [0.2, 0.25) is 0 Å². The molecule has 0 spiro atoms. The number of nitrogens with one attached hydrogen (secondary N) is 1. The standard InChI is InChI=1S/C12H16NO3/c1-12(2,13-15)8-11(16-9-14)10-6-4-3-5-7-10/h3-7,9,11,13H,8H2,1-2H3/q-1. The van der Waals surface area contributed by atoms with Crippen LogP contribution in [0.4, 0.5) is 0 Å². The van der Waals surface area contributed by atoms with E-state index in [1.54, 1.807) is 13.8 Å². The number of carbonyl (C=O) groups excluding carboxylic acids is 1. The molecule has 1 unspecified atom stereocenters. The number of carbonyl (C=O) groups is 1. The number of ether oxygens (including phenoxy) is 1. The SMILES string of the molecule is CC(C)(CC(OC=O)c1ccccc1)N[O-]. The van der Waals surface area contributed by atoms with Crippen LogP contribution in [0.1, 0.15) is 31.9 Å². The average Bonchev–Trinajstić information content (AvgIpc) is 2.29. The number of rotatable bonds is 6. The summed E-state index contributed by atoms with van der Waals surface area (Å²) in [6, 6.07) is 9.37. The van der Waals surface area contributed by atoms with Crippen LogP contribution in [0.5, 0.6) is 0 Å². The number of hydrogen-bond acceptors (Lipinski definition) is 4. The molecule has 0 aliphatic carbocycles. The van der Waals surface area contributed by atoms with Crippen LogP contribution in [0.2, 0.25) is 0 Å². The van der Waals surface area contributed by atoms with Crippen LogP contribution in [0.3, 0.4) is 0 Å². The highest BCUT2D eigenvalue weighted by atomic mass is 16.5. The van der Waals surface area contributed by atoms with Gasteiger partial charge in [-0.05, 0) is 19.4 Å². The molecule has 0 heterocycles. The molecule has 88 valence electrons. The van der Waals surface area contributed by atoms with E-state index in [9.17, 15) is 10.0 Å². The summed E-state index contributed by atoms with van der Waals surface area (Å²) in [5.41, 5.74) is 2.22. The van der Waals surface area contributed by atoms with E-state index >= 15 is 0 Å². The number of hydrogen-bond donors (Lipinski definition) is 1. The van der Waals surface area contributed by atoms with Crippen LogP contribution in [-0.4, -0.2) is 12.0 Å². The van der Waals surface area contributed by atoms with Crippen LogP contribution >= 0.6 is 0 Å². The summed E-state index contributed by atoms with van der Waals surface area (Å²) in [7, 11) is 0. The number of benzene rings is 1. The Morgan fingerprint density at radius 3 is 2.56 bits per heavy atom. The number of hydroxylamine groups is 1. The zero-order valence-electron chi connectivity index (χ0n) is 9.47. The van der Waals surface area contributed by atoms with Crippen molar-refractivity contribution in [3.8, 4) is 0 Å². The van der Waals surface area contributed by atoms with Crippen molar-refractivity contribution in [2.45, 2.75) is 31.9 Å². The molecular formula is C12H16NO3-. The first-order valence-corrected chi connectivity index (χ1v) is 5.12. The lowest BCUT2D eigenvalue weighted by Crippen LogP contribution is -2.37. The van der Waals surface area contributed by atoms with Crippen LogP contribution in [-0.2, 0) is 9.53 Å². The van der Waals surface area contributed by atoms with E-state index in [-0.39, 0.29) is 0 Å². The highest BCUT2D eigenvalue weighted by Crippen LogP contribution is 2.26. The Bertz CT molecular complexity index is 324. The fourth-order valence-electron chi connectivity index (χ4n) is 1.48. The average molecular weight is 222 g/mol. The van der Waals surface area contributed by atoms with Crippen LogP contribution in [0.15, 0.2) is 30.3 Å². The Hall–Kier alpha value is -1.39. The maximum Gasteiger partial charge on any atom is 0.293 e. The van der Waals surface area contributed by atoms with Crippen LogP contribution in [0, 0.1) is 5.21 Å². The lowest BCUT2D eigenvalue weighted by atomic mass is 9.94. The van der Waals surface area contributed by atoms with Gasteiger partial charge in [-0.1, -0.05) is 30.3 Å². The predicted octanol–water partition coefficient (Wildman–Crippen LogP) is 2.16. The smallest absolute Gasteiger partial charge is 0.293 e. The van der Waals surface area contributed by atoms with Crippen molar-refractivity contribution < 1.29 is 9.53 Å². The zero-order chi connectivity index (χ0) is 12.0. The Labute approximate surface area is 95.2 Å². The fraction of sp³-hybridized carbons (Fsp3) is 0.417. The molecule has 0 saturated heterocycles. The van der Waals surface area contributed by atoms with E-state index in [4.69, 9.17) is 4.74 Å². The minimum Gasteiger partial charge on any atom is -0.787 e. The molecule has 0 amide bonds. The third-order valence-corrected chi connectivity index (χ3v) is 2.36. The minimum atomic E-state index is -0.622. The van der Waals surface area contributed by atoms with Crippen molar-refractivity contribution in [2.75, 3.05) is 0 Å². The van der Waals surface area contributed by atoms with Gasteiger partial charge < -0.3 is 15.4 Å². The molecule has 4 heteroatoms. The van der Waals surface area contributed by atoms with Gasteiger partial charge in [-0.15, -0.1) is 0 Å². The first kappa shape index (κ1) is 12.7. The third kappa shape index (κ3) is 3.64. The Morgan fingerprint density at radius 1 is 1.44 bits per heavy atom. The van der Waals surface area contributed by atoms with Crippen LogP contribution < -0.4 is 5.48 Å². The molecule has 16 heavy (non-hydrogen) atoms. The quantitative estimate of drug-likeness (QED) is 0.591. The van der Waals surface area contributed by atoms with Crippen molar-refractivity contribution in [3.05, 3.63) is 41.1 Å². The summed E-state index contributed by atoms with van der Waals surface area (Å²) in [4.78, 5) is 10.4. The molecule has 0 aromatic heterocycles. The largest absolute Gasteiger partial charge is 0.787 e. The van der Waals surface area contributed by atoms with E-state index in [1.807, 2.05) is 35.8 Å². The van der Waals surface area contributed by atoms with Crippen molar-refractivity contribution in [1.29, 1.82) is 0 Å². The van der Waals surface area contributed by atoms with Gasteiger partial charge in [0, 0.05) is 12.0 Å². The van der Waals surface area contributed by atoms with Gasteiger partial charge >= 0.3 is 0 Å². The van der Waals surface area contributed by atoms with E-state index in [0.717, 1.165) is 5.56 Å². The molecular weight excluding hydrogens is 206 g/mol. The Morgan fingerprint density at radius 2 is 2.06 bits per heavy atom. The van der Waals surface area contributed by atoms with Crippen molar-refractivity contribution >= 4 is 6.47 Å². The Kier molecular flexibility index (Phi) is 4.46. The molecule has 1 aromatic carbocycles. The minimum absolute atomic E-state index is 0.393. The predicted molar refractivity (Wildman–Crippen MR) is 61.5 cm³/mol. The van der Waals surface area contributed by atoms with Gasteiger partial charge in [0.25, 0.3) is 6.47 Å². The molecule has 1 rings (SSSR count). The molecule has 0 fully saturated rings. The van der Waals surface area contributed by atoms with Gasteiger partial charge in [-0.3, -0.25) is 4.79 Å². The fourth-order valence-corrected chi connectivity index (χ4v) is 1.48. The first-order chi connectivity index (χ1) is 7.59. The van der Waals surface area contributed by atoms with E-state index < -0.39 is 11.6 Å². The van der Waals surface area contributed by atoms with Gasteiger partial charge in [0.15, 0.2) is 0 Å². The maximum atomic E-state index is 10.7. The molecule has 0 bridgehead atoms. The van der Waals surface area contributed by atoms with Crippen molar-refractivity contribution in [2.24, 2.45) is 0 Å². The van der Waals surface area contributed by atoms with Gasteiger partial charge in [0.05, 0.1) is 0 Å². The summed E-state index contributed by atoms with van der Waals surface area (Å²) in [5.74, 6) is 0. The molecule has 1 atom stereocenters. The molecule has 1 N–H and O–H groups in total. The van der Waals surface area contributed by atoms with Crippen molar-refractivity contribution in [3.63, 3.8) is 0 Å². The molecule has 0 aliphatic heterocycles. The zero-order valence-corrected chi connectivity index (χ0v) is 9.47. The second kappa shape index (κ2) is 5.63. The molecule has 0 saturated carbocycles. The van der Waals surface area contributed by atoms with Crippen LogP contribution in [0.25, 0.3) is 0 Å². The lowest BCUT2D eigenvalue weighted by molar-refractivity contribution is -0.134. The topological polar surface area (TPSA) is 61.4 Å². The normalized spacial score (nSPS) is 13.2. The summed E-state index contributed by atoms with van der Waals surface area (Å²) in [6.07, 6.45) is 0.0364. The molecule has 4 nitrogen and oxygen atoms in total. The highest BCUT2D eigenvalue weighted by molar-refractivity contribution is 5.38. The molecule has 0 aliphatic rings. The van der Waals surface area contributed by atoms with Gasteiger partial charge in [-0.2, -0.15) is 0 Å². The summed E-state index contributed by atoms with van der Waals surface area (Å²) < 4.78 is 5.01. The highest BCUT2D eigenvalue weighted by Gasteiger charge is 2.22. The molecule has 0 radical (unpaired) electrons. The van der Waals surface area contributed by atoms with Gasteiger partial charge in [-0.25, -0.2) is 0 Å². The monoisotopic (exact) mass is 222 g/mol. The van der Waals surface area contributed by atoms with Gasteiger partial charge in [0.1, 0.15) is 6.10 Å². The third-order valence-electron chi connectivity index (χ3n) is 2.36. The second-order valence-corrected chi connectivity index (χ2v) is 4.32. The van der Waals surface area contributed by atoms with Crippen molar-refractivity contribution in [1.82, 2.24) is 5.48 Å². The first-order valence-electron chi connectivity index (χ1n) is 5.12. The summed E-state index contributed by atoms with van der Waals surface area (Å²) in [6.45, 7) is 3.95. The van der Waals surface area contributed by atoms with E-state index in [1.165, 1.54) is 0 Å². The second-order valence-electron chi connectivity index (χ2n) is 4.32. The summed E-state index contributed by atoms with van der Waals surface area (Å²) in [5, 5.41) is 10.7. The lowest BCUT2D eigenvalue weighted by Gasteiger charge is -2.33. The Balaban J connectivity index is 2.80.